The summed E-state index contributed by atoms with van der Waals surface area (Å²) >= 11 is 1.72. The summed E-state index contributed by atoms with van der Waals surface area (Å²) in [6, 6.07) is 18.7. The van der Waals surface area contributed by atoms with Gasteiger partial charge in [0.15, 0.2) is 0 Å². The van der Waals surface area contributed by atoms with E-state index in [9.17, 15) is 4.79 Å². The molecule has 0 bridgehead atoms. The van der Waals surface area contributed by atoms with Gasteiger partial charge < -0.3 is 9.47 Å². The zero-order chi connectivity index (χ0) is 18.4. The molecule has 0 aliphatic carbocycles. The Morgan fingerprint density at radius 3 is 2.89 bits per heavy atom. The van der Waals surface area contributed by atoms with E-state index in [0.717, 1.165) is 41.1 Å². The Hall–Kier alpha value is -2.66. The number of aryl methyl sites for hydroxylation is 1. The van der Waals surface area contributed by atoms with Crippen molar-refractivity contribution in [1.29, 1.82) is 0 Å². The molecule has 2 aromatic heterocycles. The van der Waals surface area contributed by atoms with Crippen LogP contribution < -0.4 is 0 Å². The summed E-state index contributed by atoms with van der Waals surface area (Å²) in [5.74, 6) is 0.182. The highest BCUT2D eigenvalue weighted by atomic mass is 32.1. The zero-order valence-corrected chi connectivity index (χ0v) is 16.1. The van der Waals surface area contributed by atoms with Gasteiger partial charge >= 0.3 is 0 Å². The molecule has 4 nitrogen and oxygen atoms in total. The molecule has 3 heterocycles. The van der Waals surface area contributed by atoms with Crippen LogP contribution in [0.5, 0.6) is 0 Å². The van der Waals surface area contributed by atoms with Crippen molar-refractivity contribution in [3.63, 3.8) is 0 Å². The molecule has 4 aromatic rings. The molecule has 0 radical (unpaired) electrons. The topological polar surface area (TPSA) is 38.1 Å². The number of amides is 1. The van der Waals surface area contributed by atoms with Gasteiger partial charge in [-0.05, 0) is 49.4 Å². The summed E-state index contributed by atoms with van der Waals surface area (Å²) in [4.78, 5) is 20.0. The Morgan fingerprint density at radius 2 is 2.00 bits per heavy atom. The van der Waals surface area contributed by atoms with E-state index in [1.54, 1.807) is 11.3 Å². The van der Waals surface area contributed by atoms with Crippen molar-refractivity contribution in [2.24, 2.45) is 0 Å². The molecular weight excluding hydrogens is 354 g/mol. The second-order valence-electron chi connectivity index (χ2n) is 7.20. The zero-order valence-electron chi connectivity index (χ0n) is 15.3. The Kier molecular flexibility index (Phi) is 3.97. The van der Waals surface area contributed by atoms with E-state index in [2.05, 4.69) is 35.8 Å². The molecule has 1 amide bonds. The minimum absolute atomic E-state index is 0.108. The lowest BCUT2D eigenvalue weighted by Crippen LogP contribution is -2.33. The lowest BCUT2D eigenvalue weighted by Gasteiger charge is -2.24. The lowest BCUT2D eigenvalue weighted by atomic mass is 10.2. The quantitative estimate of drug-likeness (QED) is 0.510. The summed E-state index contributed by atoms with van der Waals surface area (Å²) < 4.78 is 3.32. The number of thiazole rings is 1. The van der Waals surface area contributed by atoms with Crippen LogP contribution in [0.2, 0.25) is 0 Å². The number of benzene rings is 2. The van der Waals surface area contributed by atoms with Crippen molar-refractivity contribution in [2.45, 2.75) is 32.4 Å². The van der Waals surface area contributed by atoms with E-state index < -0.39 is 0 Å². The fourth-order valence-corrected chi connectivity index (χ4v) is 5.25. The van der Waals surface area contributed by atoms with Crippen LogP contribution in [-0.4, -0.2) is 26.9 Å². The van der Waals surface area contributed by atoms with Crippen molar-refractivity contribution >= 4 is 38.4 Å². The highest BCUT2D eigenvalue weighted by Crippen LogP contribution is 2.36. The van der Waals surface area contributed by atoms with Gasteiger partial charge in [-0.25, -0.2) is 4.98 Å². The number of likely N-dealkylation sites (tertiary alicyclic amines) is 1. The van der Waals surface area contributed by atoms with Crippen LogP contribution in [0.1, 0.15) is 29.6 Å². The maximum atomic E-state index is 13.2. The second kappa shape index (κ2) is 6.50. The average molecular weight is 375 g/mol. The number of nitrogens with zero attached hydrogens (tertiary/aromatic N) is 3. The third-order valence-electron chi connectivity index (χ3n) is 5.48. The molecule has 27 heavy (non-hydrogen) atoms. The monoisotopic (exact) mass is 375 g/mol. The van der Waals surface area contributed by atoms with E-state index >= 15 is 0 Å². The molecule has 2 aromatic carbocycles. The predicted molar refractivity (Wildman–Crippen MR) is 110 cm³/mol. The number of hydrogen-bond acceptors (Lipinski definition) is 3. The van der Waals surface area contributed by atoms with Gasteiger partial charge in [-0.15, -0.1) is 11.3 Å². The lowest BCUT2D eigenvalue weighted by molar-refractivity contribution is -0.132. The number of carbonyl (C=O) groups excluding carboxylic acids is 1. The van der Waals surface area contributed by atoms with Crippen LogP contribution in [0.3, 0.4) is 0 Å². The van der Waals surface area contributed by atoms with E-state index in [1.807, 2.05) is 35.2 Å². The van der Waals surface area contributed by atoms with E-state index in [4.69, 9.17) is 4.98 Å². The largest absolute Gasteiger partial charge is 0.335 e. The third kappa shape index (κ3) is 2.82. The van der Waals surface area contributed by atoms with Crippen LogP contribution in [0.4, 0.5) is 0 Å². The molecule has 5 heteroatoms. The molecule has 1 atom stereocenters. The molecular formula is C22H21N3OS. The first kappa shape index (κ1) is 16.5. The van der Waals surface area contributed by atoms with Gasteiger partial charge in [0, 0.05) is 17.8 Å². The van der Waals surface area contributed by atoms with Gasteiger partial charge in [0.1, 0.15) is 11.6 Å². The molecule has 1 aliphatic heterocycles. The Bertz CT molecular complexity index is 1110. The average Bonchev–Trinajstić information content (AvgIpc) is 3.38. The minimum Gasteiger partial charge on any atom is -0.335 e. The van der Waals surface area contributed by atoms with Gasteiger partial charge in [0.05, 0.1) is 16.3 Å². The molecule has 5 rings (SSSR count). The molecule has 136 valence electrons. The summed E-state index contributed by atoms with van der Waals surface area (Å²) in [5.41, 5.74) is 3.28. The summed E-state index contributed by atoms with van der Waals surface area (Å²) in [6.07, 6.45) is 2.04. The van der Waals surface area contributed by atoms with E-state index in [0.29, 0.717) is 6.54 Å². The van der Waals surface area contributed by atoms with Crippen molar-refractivity contribution in [1.82, 2.24) is 14.5 Å². The molecule has 1 saturated heterocycles. The highest BCUT2D eigenvalue weighted by molar-refractivity contribution is 7.18. The molecule has 1 fully saturated rings. The summed E-state index contributed by atoms with van der Waals surface area (Å²) in [7, 11) is 0. The molecule has 0 N–H and O–H groups in total. The van der Waals surface area contributed by atoms with Crippen LogP contribution in [-0.2, 0) is 11.3 Å². The standard InChI is InChI=1S/C22H21N3OS/c1-15-13-16-7-2-4-9-18(16)25(15)14-21(26)24-12-6-10-19(24)22-23-17-8-3-5-11-20(17)27-22/h2-5,7-9,11,13,19H,6,10,12,14H2,1H3/t19-/m0/s1. The number of hydrogen-bond donors (Lipinski definition) is 0. The van der Waals surface area contributed by atoms with Gasteiger partial charge in [0.2, 0.25) is 5.91 Å². The number of carbonyl (C=O) groups is 1. The van der Waals surface area contributed by atoms with Crippen LogP contribution in [0.15, 0.2) is 54.6 Å². The smallest absolute Gasteiger partial charge is 0.243 e. The maximum absolute atomic E-state index is 13.2. The number of fused-ring (bicyclic) bond motifs is 2. The van der Waals surface area contributed by atoms with Gasteiger partial charge in [-0.3, -0.25) is 4.79 Å². The van der Waals surface area contributed by atoms with Crippen molar-refractivity contribution < 1.29 is 4.79 Å². The molecule has 0 spiro atoms. The predicted octanol–water partition coefficient (Wildman–Crippen LogP) is 4.92. The first-order valence-electron chi connectivity index (χ1n) is 9.40. The highest BCUT2D eigenvalue weighted by Gasteiger charge is 2.32. The van der Waals surface area contributed by atoms with Gasteiger partial charge in [0.25, 0.3) is 0 Å². The van der Waals surface area contributed by atoms with E-state index in [-0.39, 0.29) is 11.9 Å². The third-order valence-corrected chi connectivity index (χ3v) is 6.62. The Balaban J connectivity index is 1.44. The molecule has 0 saturated carbocycles. The minimum atomic E-state index is 0.108. The van der Waals surface area contributed by atoms with Crippen LogP contribution in [0.25, 0.3) is 21.1 Å². The maximum Gasteiger partial charge on any atom is 0.243 e. The first-order valence-corrected chi connectivity index (χ1v) is 10.2. The Morgan fingerprint density at radius 1 is 1.19 bits per heavy atom. The van der Waals surface area contributed by atoms with Gasteiger partial charge in [-0.2, -0.15) is 0 Å². The van der Waals surface area contributed by atoms with Crippen LogP contribution in [0, 0.1) is 6.92 Å². The summed E-state index contributed by atoms with van der Waals surface area (Å²) in [5, 5.41) is 2.25. The van der Waals surface area contributed by atoms with Crippen molar-refractivity contribution in [3.05, 3.63) is 65.3 Å². The SMILES string of the molecule is Cc1cc2ccccc2n1CC(=O)N1CCC[C@H]1c1nc2ccccc2s1. The number of rotatable bonds is 3. The number of para-hydroxylation sites is 2. The summed E-state index contributed by atoms with van der Waals surface area (Å²) in [6.45, 7) is 3.28. The fraction of sp³-hybridized carbons (Fsp3) is 0.273. The fourth-order valence-electron chi connectivity index (χ4n) is 4.14. The van der Waals surface area contributed by atoms with Gasteiger partial charge in [-0.1, -0.05) is 30.3 Å². The normalized spacial score (nSPS) is 17.2. The number of aromatic nitrogens is 2. The molecule has 1 aliphatic rings. The van der Waals surface area contributed by atoms with Crippen molar-refractivity contribution in [3.8, 4) is 0 Å². The van der Waals surface area contributed by atoms with E-state index in [1.165, 1.54) is 10.1 Å². The Labute approximate surface area is 162 Å². The van der Waals surface area contributed by atoms with Crippen LogP contribution >= 0.6 is 11.3 Å². The second-order valence-corrected chi connectivity index (χ2v) is 8.26. The van der Waals surface area contributed by atoms with Crippen molar-refractivity contribution in [2.75, 3.05) is 6.54 Å². The molecule has 0 unspecified atom stereocenters. The first-order chi connectivity index (χ1) is 13.2.